The van der Waals surface area contributed by atoms with Gasteiger partial charge in [-0.2, -0.15) is 0 Å². The van der Waals surface area contributed by atoms with Crippen LogP contribution in [-0.2, 0) is 0 Å². The van der Waals surface area contributed by atoms with Crippen molar-refractivity contribution in [3.05, 3.63) is 23.2 Å². The van der Waals surface area contributed by atoms with Crippen LogP contribution in [0.2, 0.25) is 5.15 Å². The maximum atomic E-state index is 5.46. The van der Waals surface area contributed by atoms with Gasteiger partial charge in [0, 0.05) is 11.5 Å². The fraction of sp³-hybridized carbons (Fsp3) is 0.200. The van der Waals surface area contributed by atoms with Crippen LogP contribution >= 0.6 is 11.6 Å². The first-order valence-electron chi connectivity index (χ1n) is 2.16. The first-order chi connectivity index (χ1) is 3.79. The molecule has 0 aliphatic rings. The number of hydrogen-bond acceptors (Lipinski definition) is 2. The van der Waals surface area contributed by atoms with Gasteiger partial charge in [-0.3, -0.25) is 0 Å². The Morgan fingerprint density at radius 3 is 2.56 bits per heavy atom. The van der Waals surface area contributed by atoms with Gasteiger partial charge in [0.2, 0.25) is 0 Å². The minimum atomic E-state index is 0. The zero-order valence-electron chi connectivity index (χ0n) is 4.65. The molecule has 1 aromatic heterocycles. The van der Waals surface area contributed by atoms with E-state index in [2.05, 4.69) is 16.3 Å². The summed E-state index contributed by atoms with van der Waals surface area (Å²) >= 11 is 5.46. The average molecular weight is 380 g/mol. The van der Waals surface area contributed by atoms with E-state index < -0.39 is 0 Å². The van der Waals surface area contributed by atoms with Crippen molar-refractivity contribution in [2.45, 2.75) is 6.92 Å². The number of hydrogen-bond donors (Lipinski definition) is 0. The van der Waals surface area contributed by atoms with Crippen molar-refractivity contribution < 1.29 is 0 Å². The largest absolute Gasteiger partial charge is 0.371 e. The standard InChI is InChI=1S/C5H4ClN2.Es/c1-4-2-5(6)8-3-7-4;/h2H,1H3;/q-1;. The van der Waals surface area contributed by atoms with E-state index in [4.69, 9.17) is 11.6 Å². The van der Waals surface area contributed by atoms with Crippen molar-refractivity contribution in [2.24, 2.45) is 0 Å². The summed E-state index contributed by atoms with van der Waals surface area (Å²) in [5.74, 6) is 0. The monoisotopic (exact) mass is 379 g/mol. The topological polar surface area (TPSA) is 25.8 Å². The molecule has 0 spiro atoms. The van der Waals surface area contributed by atoms with Crippen LogP contribution in [-0.4, -0.2) is 9.97 Å². The summed E-state index contributed by atoms with van der Waals surface area (Å²) in [6.45, 7) is 1.84. The molecular formula is C5H4ClEsN2-. The third kappa shape index (κ3) is 1.74. The Morgan fingerprint density at radius 2 is 2.22 bits per heavy atom. The van der Waals surface area contributed by atoms with Gasteiger partial charge >= 0.3 is 0 Å². The van der Waals surface area contributed by atoms with Crippen LogP contribution in [0.25, 0.3) is 0 Å². The molecule has 53 valence electrons. The number of halogens is 1. The predicted octanol–water partition coefficient (Wildman–Crippen LogP) is 1.24. The Balaban J connectivity index is 0.000000640. The second-order valence-corrected chi connectivity index (χ2v) is 1.82. The van der Waals surface area contributed by atoms with Crippen LogP contribution in [0.3, 0.4) is 0 Å². The third-order valence-electron chi connectivity index (χ3n) is 0.711. The molecule has 0 saturated heterocycles. The van der Waals surface area contributed by atoms with Gasteiger partial charge < -0.3 is 9.97 Å². The summed E-state index contributed by atoms with van der Waals surface area (Å²) in [5, 5.41) is 0.442. The van der Waals surface area contributed by atoms with Crippen LogP contribution in [0.1, 0.15) is 5.69 Å². The molecule has 0 amide bonds. The number of aryl methyl sites for hydroxylation is 1. The summed E-state index contributed by atoms with van der Waals surface area (Å²) in [6, 6.07) is 1.68. The van der Waals surface area contributed by atoms with E-state index in [-0.39, 0.29) is 0 Å². The van der Waals surface area contributed by atoms with Crippen molar-refractivity contribution in [1.29, 1.82) is 0 Å². The van der Waals surface area contributed by atoms with Crippen molar-refractivity contribution in [2.75, 3.05) is 0 Å². The minimum Gasteiger partial charge on any atom is -0.371 e. The quantitative estimate of drug-likeness (QED) is 0.501. The number of rotatable bonds is 0. The molecule has 0 bridgehead atoms. The van der Waals surface area contributed by atoms with E-state index in [0.717, 1.165) is 5.69 Å². The summed E-state index contributed by atoms with van der Waals surface area (Å²) in [5.41, 5.74) is 0.838. The summed E-state index contributed by atoms with van der Waals surface area (Å²) in [7, 11) is 0. The van der Waals surface area contributed by atoms with Crippen molar-refractivity contribution in [1.82, 2.24) is 9.97 Å². The van der Waals surface area contributed by atoms with Gasteiger partial charge in [0.25, 0.3) is 0 Å². The van der Waals surface area contributed by atoms with Gasteiger partial charge in [-0.15, -0.1) is 17.7 Å². The maximum absolute atomic E-state index is 5.46. The van der Waals surface area contributed by atoms with E-state index in [9.17, 15) is 0 Å². The Labute approximate surface area is 52.5 Å². The predicted molar refractivity (Wildman–Crippen MR) is 30.6 cm³/mol. The van der Waals surface area contributed by atoms with Gasteiger partial charge in [-0.05, 0) is 0 Å². The number of aromatic nitrogens is 2. The Bertz CT molecular complexity index is 175. The van der Waals surface area contributed by atoms with Crippen molar-refractivity contribution in [3.63, 3.8) is 0 Å². The molecule has 1 heterocycles. The second-order valence-electron chi connectivity index (χ2n) is 1.43. The molecule has 0 fully saturated rings. The molecular weight excluding hydrogens is 376 g/mol. The molecule has 0 aliphatic heterocycles. The zero-order valence-corrected chi connectivity index (χ0v) is 7.92. The molecule has 1 aromatic rings. The second kappa shape index (κ2) is 2.62. The maximum Gasteiger partial charge on any atom is 0.0229 e. The molecule has 0 saturated carbocycles. The van der Waals surface area contributed by atoms with Crippen LogP contribution in [0.15, 0.2) is 6.07 Å². The van der Waals surface area contributed by atoms with Crippen molar-refractivity contribution in [3.8, 4) is 0 Å². The van der Waals surface area contributed by atoms with E-state index in [0.29, 0.717) is 5.15 Å². The van der Waals surface area contributed by atoms with Gasteiger partial charge in [-0.25, -0.2) is 0 Å². The molecule has 0 aromatic carbocycles. The Morgan fingerprint density at radius 1 is 1.56 bits per heavy atom. The van der Waals surface area contributed by atoms with Gasteiger partial charge in [0.1, 0.15) is 0 Å². The first-order valence-corrected chi connectivity index (χ1v) is 2.54. The van der Waals surface area contributed by atoms with Crippen LogP contribution < -0.4 is 0 Å². The van der Waals surface area contributed by atoms with Crippen LogP contribution in [0.4, 0.5) is 0 Å². The van der Waals surface area contributed by atoms with Gasteiger partial charge in [-0.1, -0.05) is 12.6 Å². The Kier molecular flexibility index (Phi) is 2.15. The molecule has 0 aliphatic carbocycles. The number of nitrogens with zero attached hydrogens (tertiary/aromatic N) is 2. The van der Waals surface area contributed by atoms with Crippen LogP contribution in [0.5, 0.6) is 0 Å². The fourth-order valence-electron chi connectivity index (χ4n) is 0.389. The SMILES string of the molecule is Cc1cc(Cl)n[c-]n1.[Es]. The van der Waals surface area contributed by atoms with E-state index in [1.165, 1.54) is 0 Å². The van der Waals surface area contributed by atoms with E-state index in [1.807, 2.05) is 6.92 Å². The summed E-state index contributed by atoms with van der Waals surface area (Å²) < 4.78 is 0. The average Bonchev–Trinajstić information content (AvgIpc) is 1.64. The molecule has 0 unspecified atom stereocenters. The van der Waals surface area contributed by atoms with Gasteiger partial charge in [0.05, 0.1) is 0 Å². The summed E-state index contributed by atoms with van der Waals surface area (Å²) in [4.78, 5) is 7.29. The molecule has 9 heavy (non-hydrogen) atoms. The zero-order chi connectivity index (χ0) is 5.98. The van der Waals surface area contributed by atoms with E-state index in [1.54, 1.807) is 6.07 Å². The first kappa shape index (κ1) is 7.37. The molecule has 4 heteroatoms. The van der Waals surface area contributed by atoms with Crippen molar-refractivity contribution >= 4 is 11.6 Å². The fourth-order valence-corrected chi connectivity index (χ4v) is 0.584. The normalized spacial score (nSPS) is 8.22. The van der Waals surface area contributed by atoms with Gasteiger partial charge in [0.15, 0.2) is 0 Å². The Hall–Kier alpha value is -1.63. The molecule has 1 radical (unpaired) electrons. The smallest absolute Gasteiger partial charge is 0.0229 e. The molecule has 0 N–H and O–H groups in total. The summed E-state index contributed by atoms with van der Waals surface area (Å²) in [6.07, 6.45) is 2.40. The van der Waals surface area contributed by atoms with Crippen LogP contribution in [0, 0.1) is 13.3 Å². The molecule has 2 nitrogen and oxygen atoms in total. The minimum absolute atomic E-state index is 0. The molecule has 1 rings (SSSR count). The molecule has 0 atom stereocenters. The third-order valence-corrected chi connectivity index (χ3v) is 0.905. The van der Waals surface area contributed by atoms with E-state index >= 15 is 0 Å².